The Morgan fingerprint density at radius 3 is 2.40 bits per heavy atom. The minimum atomic E-state index is -1.12. The first-order valence-electron chi connectivity index (χ1n) is 10.6. The maximum atomic E-state index is 13.4. The largest absolute Gasteiger partial charge is 0.481 e. The highest BCUT2D eigenvalue weighted by Crippen LogP contribution is 2.35. The van der Waals surface area contributed by atoms with Gasteiger partial charge in [0, 0.05) is 32.9 Å². The highest BCUT2D eigenvalue weighted by molar-refractivity contribution is 5.77. The Hall–Kier alpha value is -3.90. The third-order valence-corrected chi connectivity index (χ3v) is 5.03. The average Bonchev–Trinajstić information content (AvgIpc) is 3.30. The standard InChI is InChI=1S/C20H20FN5O4.C3H7NO/c1-20(18(27)28)9-29-17(30-10-20)16-25-14(11-3-5-12(21)6-4-11)15(26-16)13-7-8-23-19(22-2)24-13;1-4(2)3-5/h3-8,17H,9-10H2,1-2H3,(H,25,26)(H,27,28)(H,22,23,24);3H,1-2H3. The van der Waals surface area contributed by atoms with Gasteiger partial charge in [0.15, 0.2) is 5.82 Å². The van der Waals surface area contributed by atoms with Crippen molar-refractivity contribution >= 4 is 18.3 Å². The van der Waals surface area contributed by atoms with E-state index in [2.05, 4.69) is 25.3 Å². The van der Waals surface area contributed by atoms with Crippen molar-refractivity contribution in [3.63, 3.8) is 0 Å². The predicted octanol–water partition coefficient (Wildman–Crippen LogP) is 2.56. The van der Waals surface area contributed by atoms with Gasteiger partial charge in [-0.25, -0.2) is 19.3 Å². The fourth-order valence-electron chi connectivity index (χ4n) is 3.01. The van der Waals surface area contributed by atoms with Crippen LogP contribution in [0.4, 0.5) is 10.3 Å². The fraction of sp³-hybridized carbons (Fsp3) is 0.348. The van der Waals surface area contributed by atoms with E-state index in [9.17, 15) is 19.1 Å². The number of H-pyrrole nitrogens is 1. The van der Waals surface area contributed by atoms with Crippen LogP contribution in [0.15, 0.2) is 36.5 Å². The molecule has 0 saturated carbocycles. The van der Waals surface area contributed by atoms with Crippen molar-refractivity contribution in [2.24, 2.45) is 5.41 Å². The van der Waals surface area contributed by atoms with Crippen LogP contribution >= 0.6 is 0 Å². The molecule has 0 aliphatic carbocycles. The molecule has 0 bridgehead atoms. The zero-order valence-corrected chi connectivity index (χ0v) is 19.8. The van der Waals surface area contributed by atoms with E-state index in [0.717, 1.165) is 6.41 Å². The van der Waals surface area contributed by atoms with Crippen LogP contribution in [0.3, 0.4) is 0 Å². The van der Waals surface area contributed by atoms with Gasteiger partial charge in [0.2, 0.25) is 18.6 Å². The van der Waals surface area contributed by atoms with E-state index in [4.69, 9.17) is 9.47 Å². The molecular weight excluding hydrogens is 459 g/mol. The Bertz CT molecular complexity index is 1160. The molecule has 1 aromatic carbocycles. The van der Waals surface area contributed by atoms with Crippen molar-refractivity contribution in [3.05, 3.63) is 48.2 Å². The number of aromatic amines is 1. The fourth-order valence-corrected chi connectivity index (χ4v) is 3.01. The molecule has 2 aromatic heterocycles. The number of hydrogen-bond acceptors (Lipinski definition) is 8. The Morgan fingerprint density at radius 1 is 1.23 bits per heavy atom. The molecule has 1 fully saturated rings. The van der Waals surface area contributed by atoms with Crippen molar-refractivity contribution < 1.29 is 28.6 Å². The van der Waals surface area contributed by atoms with E-state index >= 15 is 0 Å². The number of halogens is 1. The lowest BCUT2D eigenvalue weighted by Gasteiger charge is -2.33. The van der Waals surface area contributed by atoms with Gasteiger partial charge in [-0.3, -0.25) is 9.59 Å². The summed E-state index contributed by atoms with van der Waals surface area (Å²) >= 11 is 0. The number of carbonyl (C=O) groups is 2. The highest BCUT2D eigenvalue weighted by Gasteiger charge is 2.41. The smallest absolute Gasteiger partial charge is 0.314 e. The summed E-state index contributed by atoms with van der Waals surface area (Å²) in [5.41, 5.74) is 1.22. The number of rotatable bonds is 6. The monoisotopic (exact) mass is 486 g/mol. The van der Waals surface area contributed by atoms with E-state index < -0.39 is 17.7 Å². The van der Waals surface area contributed by atoms with Crippen LogP contribution < -0.4 is 5.32 Å². The highest BCUT2D eigenvalue weighted by atomic mass is 19.1. The van der Waals surface area contributed by atoms with Gasteiger partial charge in [0.05, 0.1) is 30.3 Å². The van der Waals surface area contributed by atoms with Crippen LogP contribution in [0.1, 0.15) is 19.0 Å². The number of imidazole rings is 1. The number of carboxylic acids is 1. The topological polar surface area (TPSA) is 143 Å². The van der Waals surface area contributed by atoms with E-state index in [1.165, 1.54) is 17.0 Å². The Labute approximate surface area is 201 Å². The average molecular weight is 487 g/mol. The number of ether oxygens (including phenoxy) is 2. The lowest BCUT2D eigenvalue weighted by molar-refractivity contribution is -0.236. The van der Waals surface area contributed by atoms with E-state index in [1.54, 1.807) is 52.5 Å². The zero-order valence-electron chi connectivity index (χ0n) is 19.8. The van der Waals surface area contributed by atoms with Gasteiger partial charge in [0.25, 0.3) is 0 Å². The SMILES string of the molecule is CN(C)C=O.CNc1nccc(-c2[nH]c(C3OCC(C)(C(=O)O)CO3)nc2-c2ccc(F)cc2)n1. The summed E-state index contributed by atoms with van der Waals surface area (Å²) in [5.74, 6) is -0.561. The molecule has 3 N–H and O–H groups in total. The van der Waals surface area contributed by atoms with Gasteiger partial charge < -0.3 is 29.8 Å². The number of carbonyl (C=O) groups excluding carboxylic acids is 1. The molecule has 12 heteroatoms. The second-order valence-corrected chi connectivity index (χ2v) is 8.26. The number of carboxylic acid groups (broad SMARTS) is 1. The maximum absolute atomic E-state index is 13.4. The number of aliphatic carboxylic acids is 1. The molecule has 35 heavy (non-hydrogen) atoms. The number of aromatic nitrogens is 4. The molecular formula is C23H27FN6O5. The Kier molecular flexibility index (Phi) is 8.10. The van der Waals surface area contributed by atoms with Crippen molar-refractivity contribution in [3.8, 4) is 22.6 Å². The van der Waals surface area contributed by atoms with Gasteiger partial charge in [-0.15, -0.1) is 0 Å². The molecule has 3 aromatic rings. The van der Waals surface area contributed by atoms with Gasteiger partial charge >= 0.3 is 5.97 Å². The van der Waals surface area contributed by atoms with Crippen molar-refractivity contribution in [2.75, 3.05) is 39.7 Å². The minimum Gasteiger partial charge on any atom is -0.481 e. The maximum Gasteiger partial charge on any atom is 0.314 e. The van der Waals surface area contributed by atoms with Crippen molar-refractivity contribution in [2.45, 2.75) is 13.2 Å². The van der Waals surface area contributed by atoms with Crippen LogP contribution in [0.5, 0.6) is 0 Å². The Balaban J connectivity index is 0.000000623. The molecule has 11 nitrogen and oxygen atoms in total. The second-order valence-electron chi connectivity index (χ2n) is 8.26. The molecule has 4 rings (SSSR count). The van der Waals surface area contributed by atoms with Gasteiger partial charge in [-0.2, -0.15) is 0 Å². The summed E-state index contributed by atoms with van der Waals surface area (Å²) in [6.45, 7) is 1.52. The second kappa shape index (κ2) is 11.0. The number of hydrogen-bond donors (Lipinski definition) is 3. The predicted molar refractivity (Wildman–Crippen MR) is 125 cm³/mol. The summed E-state index contributed by atoms with van der Waals surface area (Å²) in [5, 5.41) is 12.2. The number of nitrogens with one attached hydrogen (secondary N) is 2. The number of nitrogens with zero attached hydrogens (tertiary/aromatic N) is 4. The van der Waals surface area contributed by atoms with Gasteiger partial charge in [0.1, 0.15) is 11.2 Å². The van der Waals surface area contributed by atoms with Gasteiger partial charge in [-0.1, -0.05) is 0 Å². The van der Waals surface area contributed by atoms with Crippen LogP contribution in [-0.4, -0.2) is 76.7 Å². The molecule has 186 valence electrons. The van der Waals surface area contributed by atoms with E-state index in [0.29, 0.717) is 34.4 Å². The first-order valence-corrected chi connectivity index (χ1v) is 10.6. The minimum absolute atomic E-state index is 0.0215. The molecule has 1 amide bonds. The number of anilines is 1. The summed E-state index contributed by atoms with van der Waals surface area (Å²) in [4.78, 5) is 38.6. The lowest BCUT2D eigenvalue weighted by Crippen LogP contribution is -2.42. The third-order valence-electron chi connectivity index (χ3n) is 5.03. The first kappa shape index (κ1) is 25.7. The van der Waals surface area contributed by atoms with Crippen LogP contribution in [0.25, 0.3) is 22.6 Å². The van der Waals surface area contributed by atoms with E-state index in [1.807, 2.05) is 0 Å². The summed E-state index contributed by atoms with van der Waals surface area (Å²) in [6.07, 6.45) is 1.49. The Morgan fingerprint density at radius 2 is 1.86 bits per heavy atom. The lowest BCUT2D eigenvalue weighted by atomic mass is 9.92. The zero-order chi connectivity index (χ0) is 25.6. The van der Waals surface area contributed by atoms with Crippen LogP contribution in [0, 0.1) is 11.2 Å². The van der Waals surface area contributed by atoms with Crippen LogP contribution in [-0.2, 0) is 19.1 Å². The molecule has 0 spiro atoms. The summed E-state index contributed by atoms with van der Waals surface area (Å²) in [6, 6.07) is 7.64. The molecule has 1 saturated heterocycles. The molecule has 0 unspecified atom stereocenters. The van der Waals surface area contributed by atoms with Crippen molar-refractivity contribution in [1.82, 2.24) is 24.8 Å². The molecule has 0 atom stereocenters. The molecule has 3 heterocycles. The normalized spacial score (nSPS) is 19.3. The van der Waals surface area contributed by atoms with E-state index in [-0.39, 0.29) is 19.0 Å². The molecule has 1 aliphatic heterocycles. The molecule has 1 aliphatic rings. The van der Waals surface area contributed by atoms with Crippen LogP contribution in [0.2, 0.25) is 0 Å². The number of benzene rings is 1. The summed E-state index contributed by atoms with van der Waals surface area (Å²) in [7, 11) is 5.08. The van der Waals surface area contributed by atoms with Gasteiger partial charge in [-0.05, 0) is 37.3 Å². The molecule has 0 radical (unpaired) electrons. The summed E-state index contributed by atoms with van der Waals surface area (Å²) < 4.78 is 24.7. The number of amides is 1. The third kappa shape index (κ3) is 6.16. The van der Waals surface area contributed by atoms with Crippen molar-refractivity contribution in [1.29, 1.82) is 0 Å². The quantitative estimate of drug-likeness (QED) is 0.448. The first-order chi connectivity index (χ1) is 16.7.